The maximum atomic E-state index is 12.4. The number of carbonyl (C=O) groups excluding carboxylic acids is 1. The zero-order valence-corrected chi connectivity index (χ0v) is 12.7. The van der Waals surface area contributed by atoms with Crippen molar-refractivity contribution in [1.82, 2.24) is 19.7 Å². The zero-order valence-electron chi connectivity index (χ0n) is 12.7. The molecule has 4 rings (SSSR count). The van der Waals surface area contributed by atoms with Gasteiger partial charge in [0.15, 0.2) is 0 Å². The highest BCUT2D eigenvalue weighted by atomic mass is 16.2. The summed E-state index contributed by atoms with van der Waals surface area (Å²) < 4.78 is 1.36. The molecule has 0 unspecified atom stereocenters. The molecule has 1 amide bonds. The zero-order chi connectivity index (χ0) is 16.5. The van der Waals surface area contributed by atoms with Crippen LogP contribution in [0.2, 0.25) is 0 Å². The van der Waals surface area contributed by atoms with Crippen LogP contribution in [0.15, 0.2) is 65.7 Å². The molecule has 0 atom stereocenters. The van der Waals surface area contributed by atoms with Gasteiger partial charge < -0.3 is 10.3 Å². The van der Waals surface area contributed by atoms with Crippen molar-refractivity contribution in [3.8, 4) is 0 Å². The van der Waals surface area contributed by atoms with E-state index in [2.05, 4.69) is 15.3 Å². The van der Waals surface area contributed by atoms with Crippen LogP contribution in [0.4, 0.5) is 0 Å². The quantitative estimate of drug-likeness (QED) is 0.607. The Morgan fingerprint density at radius 1 is 1.17 bits per heavy atom. The number of rotatable bonds is 3. The summed E-state index contributed by atoms with van der Waals surface area (Å²) in [4.78, 5) is 32.1. The van der Waals surface area contributed by atoms with E-state index in [0.717, 1.165) is 16.6 Å². The summed E-state index contributed by atoms with van der Waals surface area (Å²) in [5.74, 6) is -0.440. The molecule has 6 nitrogen and oxygen atoms in total. The number of nitrogens with zero attached hydrogens (tertiary/aromatic N) is 2. The average Bonchev–Trinajstić information content (AvgIpc) is 3.03. The van der Waals surface area contributed by atoms with Gasteiger partial charge >= 0.3 is 0 Å². The Bertz CT molecular complexity index is 1080. The third-order valence-corrected chi connectivity index (χ3v) is 3.88. The first-order chi connectivity index (χ1) is 11.7. The molecule has 0 aliphatic rings. The highest BCUT2D eigenvalue weighted by Gasteiger charge is 2.13. The number of aromatic nitrogens is 3. The molecule has 3 aromatic heterocycles. The maximum Gasteiger partial charge on any atom is 0.270 e. The number of nitrogens with one attached hydrogen (secondary N) is 2. The third-order valence-electron chi connectivity index (χ3n) is 3.88. The summed E-state index contributed by atoms with van der Waals surface area (Å²) in [5, 5.41) is 3.84. The molecule has 6 heteroatoms. The van der Waals surface area contributed by atoms with Crippen LogP contribution in [-0.2, 0) is 6.54 Å². The van der Waals surface area contributed by atoms with Crippen LogP contribution in [0.5, 0.6) is 0 Å². The lowest BCUT2D eigenvalue weighted by molar-refractivity contribution is 0.0948. The van der Waals surface area contributed by atoms with Crippen molar-refractivity contribution >= 4 is 22.5 Å². The van der Waals surface area contributed by atoms with Crippen molar-refractivity contribution in [3.63, 3.8) is 0 Å². The van der Waals surface area contributed by atoms with Gasteiger partial charge in [0.2, 0.25) is 0 Å². The molecule has 0 aliphatic heterocycles. The minimum Gasteiger partial charge on any atom is -0.357 e. The van der Waals surface area contributed by atoms with E-state index < -0.39 is 5.91 Å². The topological polar surface area (TPSA) is 79.3 Å². The van der Waals surface area contributed by atoms with Crippen molar-refractivity contribution < 1.29 is 4.79 Å². The van der Waals surface area contributed by atoms with Gasteiger partial charge in [0, 0.05) is 23.6 Å². The SMILES string of the molecule is O=C(NCc1cc2ccccc2[nH]1)c1cnc2ccccn2c1=O. The molecule has 118 valence electrons. The second kappa shape index (κ2) is 5.66. The summed E-state index contributed by atoms with van der Waals surface area (Å²) in [7, 11) is 0. The normalized spacial score (nSPS) is 11.0. The number of hydrogen-bond acceptors (Lipinski definition) is 3. The van der Waals surface area contributed by atoms with E-state index in [1.54, 1.807) is 24.4 Å². The van der Waals surface area contributed by atoms with Crippen LogP contribution in [0.25, 0.3) is 16.6 Å². The molecule has 0 bridgehead atoms. The van der Waals surface area contributed by atoms with Gasteiger partial charge in [-0.3, -0.25) is 14.0 Å². The molecule has 0 fully saturated rings. The summed E-state index contributed by atoms with van der Waals surface area (Å²) in [6.45, 7) is 0.310. The van der Waals surface area contributed by atoms with E-state index in [0.29, 0.717) is 12.2 Å². The lowest BCUT2D eigenvalue weighted by atomic mass is 10.2. The smallest absolute Gasteiger partial charge is 0.270 e. The van der Waals surface area contributed by atoms with Gasteiger partial charge in [0.1, 0.15) is 11.2 Å². The molecule has 4 aromatic rings. The van der Waals surface area contributed by atoms with Crippen LogP contribution in [0.1, 0.15) is 16.1 Å². The Labute approximate surface area is 136 Å². The van der Waals surface area contributed by atoms with Crippen molar-refractivity contribution in [1.29, 1.82) is 0 Å². The van der Waals surface area contributed by atoms with Gasteiger partial charge in [0.05, 0.1) is 6.54 Å². The first-order valence-electron chi connectivity index (χ1n) is 7.53. The standard InChI is InChI=1S/C18H14N4O2/c23-17(14-11-19-16-7-3-4-8-22(16)18(14)24)20-10-13-9-12-5-1-2-6-15(12)21-13/h1-9,11,21H,10H2,(H,20,23). The van der Waals surface area contributed by atoms with E-state index in [9.17, 15) is 9.59 Å². The van der Waals surface area contributed by atoms with Crippen molar-refractivity contribution in [2.24, 2.45) is 0 Å². The number of hydrogen-bond donors (Lipinski definition) is 2. The minimum atomic E-state index is -0.440. The summed E-state index contributed by atoms with van der Waals surface area (Å²) >= 11 is 0. The third kappa shape index (κ3) is 2.44. The Morgan fingerprint density at radius 3 is 2.88 bits per heavy atom. The number of benzene rings is 1. The lowest BCUT2D eigenvalue weighted by Crippen LogP contribution is -2.31. The van der Waals surface area contributed by atoms with Crippen molar-refractivity contribution in [2.45, 2.75) is 6.54 Å². The predicted octanol–water partition coefficient (Wildman–Crippen LogP) is 2.11. The number of carbonyl (C=O) groups is 1. The summed E-state index contributed by atoms with van der Waals surface area (Å²) in [6.07, 6.45) is 2.91. The number of H-pyrrole nitrogens is 1. The highest BCUT2D eigenvalue weighted by molar-refractivity contribution is 5.93. The molecule has 0 spiro atoms. The Kier molecular flexibility index (Phi) is 3.35. The molecule has 0 aliphatic carbocycles. The fraction of sp³-hybridized carbons (Fsp3) is 0.0556. The Morgan fingerprint density at radius 2 is 2.00 bits per heavy atom. The molecular formula is C18H14N4O2. The van der Waals surface area contributed by atoms with Crippen LogP contribution in [0.3, 0.4) is 0 Å². The second-order valence-corrected chi connectivity index (χ2v) is 5.47. The molecule has 3 heterocycles. The highest BCUT2D eigenvalue weighted by Crippen LogP contribution is 2.14. The van der Waals surface area contributed by atoms with E-state index >= 15 is 0 Å². The largest absolute Gasteiger partial charge is 0.357 e. The van der Waals surface area contributed by atoms with E-state index in [4.69, 9.17) is 0 Å². The Balaban J connectivity index is 1.58. The number of pyridine rings is 1. The van der Waals surface area contributed by atoms with Gasteiger partial charge in [-0.25, -0.2) is 4.98 Å². The molecule has 0 saturated carbocycles. The van der Waals surface area contributed by atoms with Crippen LogP contribution in [0, 0.1) is 0 Å². The second-order valence-electron chi connectivity index (χ2n) is 5.47. The van der Waals surface area contributed by atoms with Crippen LogP contribution < -0.4 is 10.9 Å². The molecule has 24 heavy (non-hydrogen) atoms. The predicted molar refractivity (Wildman–Crippen MR) is 90.9 cm³/mol. The Hall–Kier alpha value is -3.41. The van der Waals surface area contributed by atoms with Crippen molar-refractivity contribution in [3.05, 3.63) is 82.5 Å². The van der Waals surface area contributed by atoms with Gasteiger partial charge in [-0.15, -0.1) is 0 Å². The molecular weight excluding hydrogens is 304 g/mol. The molecule has 2 N–H and O–H groups in total. The summed E-state index contributed by atoms with van der Waals surface area (Å²) in [5.41, 5.74) is 2.03. The van der Waals surface area contributed by atoms with Gasteiger partial charge in [0.25, 0.3) is 11.5 Å². The van der Waals surface area contributed by atoms with Gasteiger partial charge in [-0.2, -0.15) is 0 Å². The van der Waals surface area contributed by atoms with Crippen LogP contribution in [-0.4, -0.2) is 20.3 Å². The molecule has 0 saturated heterocycles. The molecule has 0 radical (unpaired) electrons. The molecule has 1 aromatic carbocycles. The first kappa shape index (κ1) is 14.2. The van der Waals surface area contributed by atoms with E-state index in [-0.39, 0.29) is 11.1 Å². The van der Waals surface area contributed by atoms with E-state index in [1.807, 2.05) is 30.3 Å². The minimum absolute atomic E-state index is 0.0230. The average molecular weight is 318 g/mol. The number of amides is 1. The van der Waals surface area contributed by atoms with Crippen molar-refractivity contribution in [2.75, 3.05) is 0 Å². The fourth-order valence-electron chi connectivity index (χ4n) is 2.68. The lowest BCUT2D eigenvalue weighted by Gasteiger charge is -2.05. The first-order valence-corrected chi connectivity index (χ1v) is 7.53. The number of aromatic amines is 1. The monoisotopic (exact) mass is 318 g/mol. The van der Waals surface area contributed by atoms with E-state index in [1.165, 1.54) is 10.6 Å². The number of para-hydroxylation sites is 1. The van der Waals surface area contributed by atoms with Gasteiger partial charge in [-0.05, 0) is 29.7 Å². The summed E-state index contributed by atoms with van der Waals surface area (Å²) in [6, 6.07) is 15.1. The van der Waals surface area contributed by atoms with Gasteiger partial charge in [-0.1, -0.05) is 24.3 Å². The number of fused-ring (bicyclic) bond motifs is 2. The fourth-order valence-corrected chi connectivity index (χ4v) is 2.68. The van der Waals surface area contributed by atoms with Crippen LogP contribution >= 0.6 is 0 Å². The maximum absolute atomic E-state index is 12.4.